The van der Waals surface area contributed by atoms with E-state index in [0.29, 0.717) is 0 Å². The van der Waals surface area contributed by atoms with Crippen molar-refractivity contribution in [1.82, 2.24) is 25.1 Å². The number of carbonyl (C=O) groups excluding carboxylic acids is 2. The second-order valence-corrected chi connectivity index (χ2v) is 2.99. The minimum atomic E-state index is -0.692. The molecule has 0 saturated carbocycles. The van der Waals surface area contributed by atoms with Crippen LogP contribution >= 0.6 is 0 Å². The number of imide groups is 1. The average Bonchev–Trinajstić information content (AvgIpc) is 2.66. The van der Waals surface area contributed by atoms with Crippen LogP contribution in [0.3, 0.4) is 0 Å². The molecule has 1 saturated heterocycles. The summed E-state index contributed by atoms with van der Waals surface area (Å²) in [6.07, 6.45) is 0.0601. The molecule has 0 aromatic carbocycles. The van der Waals surface area contributed by atoms with E-state index < -0.39 is 6.04 Å². The van der Waals surface area contributed by atoms with Gasteiger partial charge in [0, 0.05) is 7.05 Å². The van der Waals surface area contributed by atoms with Crippen molar-refractivity contribution in [3.63, 3.8) is 0 Å². The summed E-state index contributed by atoms with van der Waals surface area (Å²) in [6.45, 7) is 0. The van der Waals surface area contributed by atoms with Crippen molar-refractivity contribution >= 4 is 17.8 Å². The second-order valence-electron chi connectivity index (χ2n) is 2.99. The van der Waals surface area contributed by atoms with Gasteiger partial charge in [0.05, 0.1) is 6.42 Å². The lowest BCUT2D eigenvalue weighted by Gasteiger charge is -2.08. The van der Waals surface area contributed by atoms with Crippen LogP contribution in [0.1, 0.15) is 12.5 Å². The van der Waals surface area contributed by atoms with Crippen LogP contribution in [-0.4, -0.2) is 44.0 Å². The number of likely N-dealkylation sites (tertiary alicyclic amines) is 1. The summed E-state index contributed by atoms with van der Waals surface area (Å²) in [5.41, 5.74) is 5.42. The van der Waals surface area contributed by atoms with E-state index in [-0.39, 0.29) is 24.2 Å². The molecular formula is C6H8N6O2. The van der Waals surface area contributed by atoms with E-state index in [1.807, 2.05) is 0 Å². The molecule has 1 aliphatic heterocycles. The fourth-order valence-electron chi connectivity index (χ4n) is 1.35. The Morgan fingerprint density at radius 2 is 2.21 bits per heavy atom. The van der Waals surface area contributed by atoms with E-state index in [0.717, 1.165) is 9.58 Å². The Balaban J connectivity index is 2.34. The number of nitrogens with two attached hydrogens (primary N) is 1. The smallest absolute Gasteiger partial charge is 0.254 e. The van der Waals surface area contributed by atoms with Gasteiger partial charge in [-0.15, -0.1) is 0 Å². The second kappa shape index (κ2) is 2.76. The molecule has 1 unspecified atom stereocenters. The summed E-state index contributed by atoms with van der Waals surface area (Å²) in [7, 11) is 1.42. The summed E-state index contributed by atoms with van der Waals surface area (Å²) in [4.78, 5) is 23.7. The lowest BCUT2D eigenvalue weighted by molar-refractivity contribution is -0.137. The van der Waals surface area contributed by atoms with Gasteiger partial charge in [0.2, 0.25) is 11.9 Å². The van der Waals surface area contributed by atoms with Gasteiger partial charge in [-0.25, -0.2) is 0 Å². The zero-order valence-electron chi connectivity index (χ0n) is 7.41. The number of amides is 2. The quantitative estimate of drug-likeness (QED) is 0.530. The summed E-state index contributed by atoms with van der Waals surface area (Å²) < 4.78 is 1.16. The van der Waals surface area contributed by atoms with Crippen molar-refractivity contribution in [2.45, 2.75) is 12.5 Å². The first-order valence-corrected chi connectivity index (χ1v) is 3.95. The summed E-state index contributed by atoms with van der Waals surface area (Å²) in [6, 6.07) is -0.692. The standard InChI is InChI=1S/C6H8N6O2/c1-11-4(13)2-3(5(11)14)12-6(7)8-9-10-12/h3H,2H2,1H3,(H2,7,8,10). The van der Waals surface area contributed by atoms with E-state index >= 15 is 0 Å². The van der Waals surface area contributed by atoms with E-state index in [9.17, 15) is 9.59 Å². The maximum Gasteiger partial charge on any atom is 0.254 e. The molecule has 2 rings (SSSR count). The Morgan fingerprint density at radius 1 is 1.50 bits per heavy atom. The lowest BCUT2D eigenvalue weighted by Crippen LogP contribution is -2.27. The molecular weight excluding hydrogens is 188 g/mol. The number of aromatic nitrogens is 4. The number of rotatable bonds is 1. The monoisotopic (exact) mass is 196 g/mol. The van der Waals surface area contributed by atoms with Crippen molar-refractivity contribution in [3.05, 3.63) is 0 Å². The van der Waals surface area contributed by atoms with Gasteiger partial charge in [-0.1, -0.05) is 5.10 Å². The molecule has 2 amide bonds. The van der Waals surface area contributed by atoms with E-state index in [4.69, 9.17) is 5.73 Å². The van der Waals surface area contributed by atoms with Crippen LogP contribution in [0.5, 0.6) is 0 Å². The Kier molecular flexibility index (Phi) is 1.69. The molecule has 1 aliphatic rings. The molecule has 0 bridgehead atoms. The molecule has 0 spiro atoms. The van der Waals surface area contributed by atoms with Crippen molar-refractivity contribution < 1.29 is 9.59 Å². The number of nitrogen functional groups attached to an aromatic ring is 1. The lowest BCUT2D eigenvalue weighted by atomic mass is 10.2. The number of nitrogens with zero attached hydrogens (tertiary/aromatic N) is 5. The third kappa shape index (κ3) is 1.04. The first kappa shape index (κ1) is 8.60. The van der Waals surface area contributed by atoms with Gasteiger partial charge < -0.3 is 5.73 Å². The van der Waals surface area contributed by atoms with E-state index in [1.54, 1.807) is 0 Å². The summed E-state index contributed by atoms with van der Waals surface area (Å²) in [5, 5.41) is 10.3. The Labute approximate surface area is 78.7 Å². The molecule has 1 fully saturated rings. The highest BCUT2D eigenvalue weighted by molar-refractivity contribution is 6.04. The van der Waals surface area contributed by atoms with E-state index in [2.05, 4.69) is 15.5 Å². The van der Waals surface area contributed by atoms with Crippen LogP contribution in [0.4, 0.5) is 5.95 Å². The predicted octanol–water partition coefficient (Wildman–Crippen LogP) is -1.81. The van der Waals surface area contributed by atoms with Crippen LogP contribution in [0.2, 0.25) is 0 Å². The molecule has 8 heteroatoms. The normalized spacial score (nSPS) is 22.1. The van der Waals surface area contributed by atoms with Crippen molar-refractivity contribution in [2.24, 2.45) is 0 Å². The molecule has 1 aromatic heterocycles. The largest absolute Gasteiger partial charge is 0.367 e. The third-order valence-corrected chi connectivity index (χ3v) is 2.17. The number of carbonyl (C=O) groups is 2. The highest BCUT2D eigenvalue weighted by Gasteiger charge is 2.39. The van der Waals surface area contributed by atoms with Crippen molar-refractivity contribution in [2.75, 3.05) is 12.8 Å². The zero-order valence-corrected chi connectivity index (χ0v) is 7.41. The number of tetrazole rings is 1. The minimum absolute atomic E-state index is 0.0338. The Bertz CT molecular complexity index is 399. The maximum absolute atomic E-state index is 11.5. The minimum Gasteiger partial charge on any atom is -0.367 e. The van der Waals surface area contributed by atoms with Gasteiger partial charge in [0.15, 0.2) is 0 Å². The number of hydrogen-bond acceptors (Lipinski definition) is 6. The Morgan fingerprint density at radius 3 is 2.64 bits per heavy atom. The molecule has 8 nitrogen and oxygen atoms in total. The van der Waals surface area contributed by atoms with Crippen LogP contribution in [0.25, 0.3) is 0 Å². The van der Waals surface area contributed by atoms with Crippen molar-refractivity contribution in [1.29, 1.82) is 0 Å². The van der Waals surface area contributed by atoms with Crippen LogP contribution in [0, 0.1) is 0 Å². The zero-order chi connectivity index (χ0) is 10.3. The van der Waals surface area contributed by atoms with Crippen LogP contribution in [-0.2, 0) is 9.59 Å². The first-order chi connectivity index (χ1) is 6.61. The van der Waals surface area contributed by atoms with Crippen molar-refractivity contribution in [3.8, 4) is 0 Å². The highest BCUT2D eigenvalue weighted by atomic mass is 16.2. The average molecular weight is 196 g/mol. The van der Waals surface area contributed by atoms with Gasteiger partial charge in [0.25, 0.3) is 5.91 Å². The molecule has 2 heterocycles. The molecule has 0 radical (unpaired) electrons. The summed E-state index contributed by atoms with van der Waals surface area (Å²) in [5.74, 6) is -0.560. The predicted molar refractivity (Wildman–Crippen MR) is 43.7 cm³/mol. The molecule has 1 aromatic rings. The van der Waals surface area contributed by atoms with E-state index in [1.165, 1.54) is 7.05 Å². The van der Waals surface area contributed by atoms with Crippen LogP contribution in [0.15, 0.2) is 0 Å². The fraction of sp³-hybridized carbons (Fsp3) is 0.500. The van der Waals surface area contributed by atoms with Gasteiger partial charge in [-0.3, -0.25) is 14.5 Å². The number of anilines is 1. The molecule has 1 atom stereocenters. The van der Waals surface area contributed by atoms with Crippen LogP contribution < -0.4 is 5.73 Å². The molecule has 2 N–H and O–H groups in total. The maximum atomic E-state index is 11.5. The molecule has 0 aliphatic carbocycles. The van der Waals surface area contributed by atoms with Gasteiger partial charge in [0.1, 0.15) is 6.04 Å². The molecule has 74 valence electrons. The highest BCUT2D eigenvalue weighted by Crippen LogP contribution is 2.23. The first-order valence-electron chi connectivity index (χ1n) is 3.95. The van der Waals surface area contributed by atoms with Gasteiger partial charge in [-0.2, -0.15) is 4.68 Å². The topological polar surface area (TPSA) is 107 Å². The molecule has 14 heavy (non-hydrogen) atoms. The fourth-order valence-corrected chi connectivity index (χ4v) is 1.35. The third-order valence-electron chi connectivity index (χ3n) is 2.17. The van der Waals surface area contributed by atoms with Gasteiger partial charge in [-0.05, 0) is 10.4 Å². The Hall–Kier alpha value is -1.99. The number of likely N-dealkylation sites (N-methyl/N-ethyl adjacent to an activating group) is 1. The van der Waals surface area contributed by atoms with Gasteiger partial charge >= 0.3 is 0 Å². The SMILES string of the molecule is CN1C(=O)CC(n2nnnc2N)C1=O. The summed E-state index contributed by atoms with van der Waals surface area (Å²) >= 11 is 0. The number of hydrogen-bond donors (Lipinski definition) is 1.